The van der Waals surface area contributed by atoms with Crippen molar-refractivity contribution in [3.05, 3.63) is 94.5 Å². The maximum atomic E-state index is 6.41. The van der Waals surface area contributed by atoms with E-state index in [2.05, 4.69) is 58.4 Å². The van der Waals surface area contributed by atoms with E-state index in [1.165, 1.54) is 20.9 Å². The number of hydrogen-bond acceptors (Lipinski definition) is 4. The highest BCUT2D eigenvalue weighted by molar-refractivity contribution is 7.99. The summed E-state index contributed by atoms with van der Waals surface area (Å²) in [5.74, 6) is 0. The molecule has 1 fully saturated rings. The summed E-state index contributed by atoms with van der Waals surface area (Å²) in [6.45, 7) is 3.86. The number of hydrogen-bond donors (Lipinski definition) is 0. The molecule has 3 aromatic rings. The number of nitrogens with zero attached hydrogens (tertiary/aromatic N) is 3. The van der Waals surface area contributed by atoms with Crippen LogP contribution >= 0.6 is 23.4 Å². The van der Waals surface area contributed by atoms with Gasteiger partial charge in [-0.1, -0.05) is 71.9 Å². The molecule has 0 saturated carbocycles. The molecule has 5 heteroatoms. The summed E-state index contributed by atoms with van der Waals surface area (Å²) in [4.78, 5) is 5.28. The second-order valence-corrected chi connectivity index (χ2v) is 9.28. The number of fused-ring (bicyclic) bond motifs is 2. The topological polar surface area (TPSA) is 18.8 Å². The van der Waals surface area contributed by atoms with Crippen LogP contribution in [0.15, 0.2) is 87.7 Å². The fraction of sp³-hybridized carbons (Fsp3) is 0.240. The molecule has 2 aliphatic rings. The van der Waals surface area contributed by atoms with Gasteiger partial charge in [-0.3, -0.25) is 9.91 Å². The Morgan fingerprint density at radius 1 is 0.867 bits per heavy atom. The van der Waals surface area contributed by atoms with Crippen molar-refractivity contribution < 1.29 is 0 Å². The molecular formula is C25H24ClN3S. The summed E-state index contributed by atoms with van der Waals surface area (Å²) in [7, 11) is 0. The summed E-state index contributed by atoms with van der Waals surface area (Å²) in [6, 6.07) is 25.8. The van der Waals surface area contributed by atoms with Crippen LogP contribution in [0.25, 0.3) is 0 Å². The predicted molar refractivity (Wildman–Crippen MR) is 126 cm³/mol. The van der Waals surface area contributed by atoms with Gasteiger partial charge in [0.1, 0.15) is 0 Å². The second kappa shape index (κ2) is 8.84. The number of halogens is 1. The van der Waals surface area contributed by atoms with Crippen LogP contribution < -0.4 is 0 Å². The van der Waals surface area contributed by atoms with E-state index in [0.717, 1.165) is 43.2 Å². The minimum absolute atomic E-state index is 0.343. The van der Waals surface area contributed by atoms with E-state index in [1.807, 2.05) is 42.2 Å². The van der Waals surface area contributed by atoms with Gasteiger partial charge in [0, 0.05) is 47.0 Å². The Bertz CT molecular complexity index is 1050. The zero-order valence-electron chi connectivity index (χ0n) is 16.7. The van der Waals surface area contributed by atoms with Crippen molar-refractivity contribution in [3.8, 4) is 0 Å². The van der Waals surface area contributed by atoms with Gasteiger partial charge in [0.05, 0.1) is 6.21 Å². The van der Waals surface area contributed by atoms with Gasteiger partial charge in [0.2, 0.25) is 0 Å². The van der Waals surface area contributed by atoms with E-state index in [1.54, 1.807) is 0 Å². The van der Waals surface area contributed by atoms with Crippen molar-refractivity contribution in [2.24, 2.45) is 5.10 Å². The molecule has 30 heavy (non-hydrogen) atoms. The average Bonchev–Trinajstić information content (AvgIpc) is 2.95. The van der Waals surface area contributed by atoms with Gasteiger partial charge in [-0.25, -0.2) is 0 Å². The van der Waals surface area contributed by atoms with Crippen molar-refractivity contribution >= 4 is 29.6 Å². The van der Waals surface area contributed by atoms with Crippen molar-refractivity contribution in [2.45, 2.75) is 22.3 Å². The molecule has 0 aliphatic carbocycles. The molecule has 3 nitrogen and oxygen atoms in total. The first-order chi connectivity index (χ1) is 14.8. The van der Waals surface area contributed by atoms with Crippen LogP contribution in [0.1, 0.15) is 22.7 Å². The van der Waals surface area contributed by atoms with E-state index in [4.69, 9.17) is 16.7 Å². The summed E-state index contributed by atoms with van der Waals surface area (Å²) in [5.41, 5.74) is 3.91. The van der Waals surface area contributed by atoms with Crippen molar-refractivity contribution in [3.63, 3.8) is 0 Å². The maximum absolute atomic E-state index is 6.41. The Morgan fingerprint density at radius 2 is 1.63 bits per heavy atom. The standard InChI is InChI=1S/C25H24ClN3S/c26-21-10-11-25-22(17-21)23(16-20-8-4-5-9-24(20)30-25)28-12-14-29(15-13-28)27-18-19-6-2-1-3-7-19/h1-11,17-18,23H,12-16H2/t23-/m0/s1. The predicted octanol–water partition coefficient (Wildman–Crippen LogP) is 5.74. The lowest BCUT2D eigenvalue weighted by atomic mass is 9.97. The minimum Gasteiger partial charge on any atom is -0.294 e. The van der Waals surface area contributed by atoms with Crippen LogP contribution in [0.3, 0.4) is 0 Å². The molecule has 0 radical (unpaired) electrons. The summed E-state index contributed by atoms with van der Waals surface area (Å²) in [5, 5.41) is 7.70. The van der Waals surface area contributed by atoms with Gasteiger partial charge in [-0.05, 0) is 47.4 Å². The van der Waals surface area contributed by atoms with Crippen LogP contribution in [0.4, 0.5) is 0 Å². The van der Waals surface area contributed by atoms with Gasteiger partial charge in [0.15, 0.2) is 0 Å². The molecule has 5 rings (SSSR count). The van der Waals surface area contributed by atoms with Crippen LogP contribution in [0.5, 0.6) is 0 Å². The third kappa shape index (κ3) is 4.27. The minimum atomic E-state index is 0.343. The van der Waals surface area contributed by atoms with E-state index in [9.17, 15) is 0 Å². The van der Waals surface area contributed by atoms with Crippen LogP contribution in [0, 0.1) is 0 Å². The Hall–Kier alpha value is -2.27. The van der Waals surface area contributed by atoms with E-state index in [0.29, 0.717) is 6.04 Å². The monoisotopic (exact) mass is 433 g/mol. The molecule has 0 N–H and O–H groups in total. The molecule has 1 saturated heterocycles. The third-order valence-corrected chi connectivity index (χ3v) is 7.28. The van der Waals surface area contributed by atoms with Crippen molar-refractivity contribution in [1.82, 2.24) is 9.91 Å². The van der Waals surface area contributed by atoms with Gasteiger partial charge < -0.3 is 0 Å². The zero-order valence-corrected chi connectivity index (χ0v) is 18.3. The highest BCUT2D eigenvalue weighted by Crippen LogP contribution is 2.43. The Balaban J connectivity index is 1.35. The van der Waals surface area contributed by atoms with Gasteiger partial charge in [-0.2, -0.15) is 5.10 Å². The first-order valence-corrected chi connectivity index (χ1v) is 11.6. The van der Waals surface area contributed by atoms with E-state index in [-0.39, 0.29) is 0 Å². The molecule has 2 heterocycles. The lowest BCUT2D eigenvalue weighted by molar-refractivity contribution is 0.0971. The Labute approximate surface area is 187 Å². The van der Waals surface area contributed by atoms with E-state index >= 15 is 0 Å². The van der Waals surface area contributed by atoms with Crippen molar-refractivity contribution in [1.29, 1.82) is 0 Å². The number of rotatable bonds is 3. The molecular weight excluding hydrogens is 410 g/mol. The fourth-order valence-corrected chi connectivity index (χ4v) is 5.53. The molecule has 0 amide bonds. The highest BCUT2D eigenvalue weighted by Gasteiger charge is 2.29. The van der Waals surface area contributed by atoms with Crippen LogP contribution in [0.2, 0.25) is 5.02 Å². The maximum Gasteiger partial charge on any atom is 0.0542 e. The SMILES string of the molecule is Clc1ccc2c(c1)[C@@H](N1CCN(N=Cc3ccccc3)CC1)Cc1ccccc1S2. The fourth-order valence-electron chi connectivity index (χ4n) is 4.23. The van der Waals surface area contributed by atoms with Gasteiger partial charge >= 0.3 is 0 Å². The van der Waals surface area contributed by atoms with Crippen LogP contribution in [-0.4, -0.2) is 42.3 Å². The van der Waals surface area contributed by atoms with Crippen LogP contribution in [-0.2, 0) is 6.42 Å². The number of benzene rings is 3. The first kappa shape index (κ1) is 19.7. The normalized spacial score (nSPS) is 19.4. The lowest BCUT2D eigenvalue weighted by Crippen LogP contribution is -2.46. The summed E-state index contributed by atoms with van der Waals surface area (Å²) in [6.07, 6.45) is 2.98. The molecule has 1 atom stereocenters. The molecule has 0 aromatic heterocycles. The smallest absolute Gasteiger partial charge is 0.0542 e. The Kier molecular flexibility index (Phi) is 5.80. The lowest BCUT2D eigenvalue weighted by Gasteiger charge is -2.38. The van der Waals surface area contributed by atoms with Crippen molar-refractivity contribution in [2.75, 3.05) is 26.2 Å². The second-order valence-electron chi connectivity index (χ2n) is 7.76. The molecule has 2 aliphatic heterocycles. The first-order valence-electron chi connectivity index (χ1n) is 10.4. The molecule has 0 bridgehead atoms. The highest BCUT2D eigenvalue weighted by atomic mass is 35.5. The summed E-state index contributed by atoms with van der Waals surface area (Å²) < 4.78 is 0. The third-order valence-electron chi connectivity index (χ3n) is 5.84. The zero-order chi connectivity index (χ0) is 20.3. The van der Waals surface area contributed by atoms with Gasteiger partial charge in [-0.15, -0.1) is 0 Å². The summed E-state index contributed by atoms with van der Waals surface area (Å²) >= 11 is 8.28. The number of hydrazone groups is 1. The molecule has 0 unspecified atom stereocenters. The van der Waals surface area contributed by atoms with Gasteiger partial charge in [0.25, 0.3) is 0 Å². The largest absolute Gasteiger partial charge is 0.294 e. The molecule has 3 aromatic carbocycles. The number of piperazine rings is 1. The molecule has 152 valence electrons. The average molecular weight is 434 g/mol. The quantitative estimate of drug-likeness (QED) is 0.491. The van der Waals surface area contributed by atoms with E-state index < -0.39 is 0 Å². The Morgan fingerprint density at radius 3 is 2.47 bits per heavy atom. The molecule has 0 spiro atoms.